The van der Waals surface area contributed by atoms with Crippen molar-refractivity contribution in [2.75, 3.05) is 26.2 Å². The molecule has 2 saturated carbocycles. The molecule has 2 heterocycles. The Balaban J connectivity index is 1.14. The number of fused-ring (bicyclic) bond motifs is 2. The van der Waals surface area contributed by atoms with E-state index in [-0.39, 0.29) is 5.92 Å². The fourth-order valence-corrected chi connectivity index (χ4v) is 6.86. The van der Waals surface area contributed by atoms with E-state index in [1.54, 1.807) is 0 Å². The lowest BCUT2D eigenvalue weighted by atomic mass is 9.64. The van der Waals surface area contributed by atoms with Gasteiger partial charge in [-0.25, -0.2) is 0 Å². The number of hydrogen-bond acceptors (Lipinski definition) is 3. The third kappa shape index (κ3) is 3.98. The maximum Gasteiger partial charge on any atom is 0.225 e. The summed E-state index contributed by atoms with van der Waals surface area (Å²) >= 11 is 0. The van der Waals surface area contributed by atoms with Crippen LogP contribution in [-0.4, -0.2) is 47.9 Å². The molecule has 2 atom stereocenters. The van der Waals surface area contributed by atoms with Gasteiger partial charge < -0.3 is 10.6 Å². The van der Waals surface area contributed by atoms with Gasteiger partial charge in [0.2, 0.25) is 5.91 Å². The van der Waals surface area contributed by atoms with Crippen LogP contribution < -0.4 is 5.73 Å². The van der Waals surface area contributed by atoms with Gasteiger partial charge in [0.15, 0.2) is 0 Å². The van der Waals surface area contributed by atoms with Crippen LogP contribution in [-0.2, 0) is 11.3 Å². The molecule has 4 fully saturated rings. The van der Waals surface area contributed by atoms with Gasteiger partial charge in [-0.3, -0.25) is 9.69 Å². The molecule has 2 saturated heterocycles. The molecule has 158 valence electrons. The SMILES string of the molecule is NC1C2CCCC1CC(C(=O)N1CCC3(CCN(Cc4ccccc4)C3)CC1)C2. The van der Waals surface area contributed by atoms with Crippen molar-refractivity contribution in [2.45, 2.75) is 64.0 Å². The zero-order valence-electron chi connectivity index (χ0n) is 17.8. The molecule has 1 aromatic rings. The van der Waals surface area contributed by atoms with Gasteiger partial charge in [0.1, 0.15) is 0 Å². The van der Waals surface area contributed by atoms with Crippen molar-refractivity contribution in [1.29, 1.82) is 0 Å². The molecule has 1 amide bonds. The summed E-state index contributed by atoms with van der Waals surface area (Å²) in [5.41, 5.74) is 8.30. The van der Waals surface area contributed by atoms with E-state index in [0.717, 1.165) is 32.5 Å². The third-order valence-corrected chi connectivity index (χ3v) is 8.66. The standard InChI is InChI=1S/C25H37N3O/c26-23-20-7-4-8-21(23)16-22(15-20)24(29)28-13-10-25(11-14-28)9-12-27(18-25)17-19-5-2-1-3-6-19/h1-3,5-6,20-23H,4,7-18,26H2. The molecule has 2 bridgehead atoms. The summed E-state index contributed by atoms with van der Waals surface area (Å²) in [5.74, 6) is 1.88. The van der Waals surface area contributed by atoms with Crippen LogP contribution in [0.4, 0.5) is 0 Å². The second-order valence-electron chi connectivity index (χ2n) is 10.5. The van der Waals surface area contributed by atoms with Crippen molar-refractivity contribution in [3.63, 3.8) is 0 Å². The van der Waals surface area contributed by atoms with Crippen molar-refractivity contribution in [1.82, 2.24) is 9.80 Å². The molecule has 4 nitrogen and oxygen atoms in total. The Morgan fingerprint density at radius 3 is 2.34 bits per heavy atom. The summed E-state index contributed by atoms with van der Waals surface area (Å²) in [6.45, 7) is 5.40. The monoisotopic (exact) mass is 395 g/mol. The lowest BCUT2D eigenvalue weighted by molar-refractivity contribution is -0.141. The molecule has 4 aliphatic rings. The highest BCUT2D eigenvalue weighted by atomic mass is 16.2. The molecule has 0 aromatic heterocycles. The lowest BCUT2D eigenvalue weighted by Crippen LogP contribution is -2.51. The fourth-order valence-electron chi connectivity index (χ4n) is 6.86. The Kier molecular flexibility index (Phi) is 5.42. The highest BCUT2D eigenvalue weighted by molar-refractivity contribution is 5.79. The first-order valence-corrected chi connectivity index (χ1v) is 11.9. The Hall–Kier alpha value is -1.39. The zero-order valence-corrected chi connectivity index (χ0v) is 17.8. The summed E-state index contributed by atoms with van der Waals surface area (Å²) in [6.07, 6.45) is 9.54. The Bertz CT molecular complexity index is 698. The molecule has 1 aromatic carbocycles. The molecule has 2 N–H and O–H groups in total. The smallest absolute Gasteiger partial charge is 0.225 e. The summed E-state index contributed by atoms with van der Waals surface area (Å²) in [6, 6.07) is 11.2. The van der Waals surface area contributed by atoms with E-state index in [1.165, 1.54) is 57.2 Å². The lowest BCUT2D eigenvalue weighted by Gasteiger charge is -2.46. The number of nitrogens with zero attached hydrogens (tertiary/aromatic N) is 2. The van der Waals surface area contributed by atoms with Crippen molar-refractivity contribution in [3.05, 3.63) is 35.9 Å². The molecule has 0 radical (unpaired) electrons. The maximum absolute atomic E-state index is 13.3. The van der Waals surface area contributed by atoms with Crippen LogP contribution in [0.1, 0.15) is 56.9 Å². The minimum atomic E-state index is 0.248. The van der Waals surface area contributed by atoms with E-state index < -0.39 is 0 Å². The van der Waals surface area contributed by atoms with E-state index in [4.69, 9.17) is 5.73 Å². The van der Waals surface area contributed by atoms with Gasteiger partial charge in [-0.05, 0) is 74.3 Å². The first kappa shape index (κ1) is 19.6. The van der Waals surface area contributed by atoms with Gasteiger partial charge in [-0.15, -0.1) is 0 Å². The van der Waals surface area contributed by atoms with Crippen LogP contribution in [0, 0.1) is 23.2 Å². The normalized spacial score (nSPS) is 34.4. The van der Waals surface area contributed by atoms with E-state index in [0.29, 0.717) is 29.2 Å². The minimum absolute atomic E-state index is 0.248. The van der Waals surface area contributed by atoms with E-state index in [1.807, 2.05) is 0 Å². The summed E-state index contributed by atoms with van der Waals surface area (Å²) in [4.78, 5) is 18.1. The molecular weight excluding hydrogens is 358 g/mol. The van der Waals surface area contributed by atoms with Crippen molar-refractivity contribution >= 4 is 5.91 Å². The zero-order chi connectivity index (χ0) is 19.8. The van der Waals surface area contributed by atoms with Crippen LogP contribution in [0.25, 0.3) is 0 Å². The summed E-state index contributed by atoms with van der Waals surface area (Å²) in [5, 5.41) is 0. The maximum atomic E-state index is 13.3. The molecule has 29 heavy (non-hydrogen) atoms. The average Bonchev–Trinajstić information content (AvgIpc) is 3.10. The van der Waals surface area contributed by atoms with Gasteiger partial charge in [0.25, 0.3) is 0 Å². The van der Waals surface area contributed by atoms with Gasteiger partial charge in [0, 0.05) is 38.1 Å². The number of piperidine rings is 1. The number of nitrogens with two attached hydrogens (primary N) is 1. The quantitative estimate of drug-likeness (QED) is 0.850. The number of benzene rings is 1. The largest absolute Gasteiger partial charge is 0.342 e. The third-order valence-electron chi connectivity index (χ3n) is 8.66. The molecule has 4 heteroatoms. The van der Waals surface area contributed by atoms with E-state index in [2.05, 4.69) is 40.1 Å². The molecular formula is C25H37N3O. The van der Waals surface area contributed by atoms with Gasteiger partial charge >= 0.3 is 0 Å². The van der Waals surface area contributed by atoms with E-state index >= 15 is 0 Å². The topological polar surface area (TPSA) is 49.6 Å². The first-order valence-electron chi connectivity index (χ1n) is 11.9. The number of hydrogen-bond donors (Lipinski definition) is 1. The number of rotatable bonds is 3. The van der Waals surface area contributed by atoms with Crippen molar-refractivity contribution < 1.29 is 4.79 Å². The molecule has 2 aliphatic heterocycles. The first-order chi connectivity index (χ1) is 14.1. The van der Waals surface area contributed by atoms with Crippen LogP contribution in [0.5, 0.6) is 0 Å². The minimum Gasteiger partial charge on any atom is -0.342 e. The Morgan fingerprint density at radius 2 is 1.66 bits per heavy atom. The molecule has 2 aliphatic carbocycles. The molecule has 2 unspecified atom stereocenters. The van der Waals surface area contributed by atoms with Crippen LogP contribution >= 0.6 is 0 Å². The van der Waals surface area contributed by atoms with Crippen LogP contribution in [0.2, 0.25) is 0 Å². The molecule has 5 rings (SSSR count). The average molecular weight is 396 g/mol. The predicted octanol–water partition coefficient (Wildman–Crippen LogP) is 3.65. The van der Waals surface area contributed by atoms with Crippen LogP contribution in [0.15, 0.2) is 30.3 Å². The second-order valence-corrected chi connectivity index (χ2v) is 10.5. The molecule has 1 spiro atoms. The number of likely N-dealkylation sites (tertiary alicyclic amines) is 2. The van der Waals surface area contributed by atoms with Gasteiger partial charge in [-0.1, -0.05) is 36.8 Å². The van der Waals surface area contributed by atoms with Crippen LogP contribution in [0.3, 0.4) is 0 Å². The van der Waals surface area contributed by atoms with Crippen molar-refractivity contribution in [2.24, 2.45) is 28.9 Å². The van der Waals surface area contributed by atoms with Gasteiger partial charge in [-0.2, -0.15) is 0 Å². The van der Waals surface area contributed by atoms with E-state index in [9.17, 15) is 4.79 Å². The fraction of sp³-hybridized carbons (Fsp3) is 0.720. The summed E-state index contributed by atoms with van der Waals surface area (Å²) in [7, 11) is 0. The highest BCUT2D eigenvalue weighted by Gasteiger charge is 2.45. The summed E-state index contributed by atoms with van der Waals surface area (Å²) < 4.78 is 0. The number of carbonyl (C=O) groups excluding carboxylic acids is 1. The highest BCUT2D eigenvalue weighted by Crippen LogP contribution is 2.44. The number of amides is 1. The Morgan fingerprint density at radius 1 is 1.00 bits per heavy atom. The van der Waals surface area contributed by atoms with Gasteiger partial charge in [0.05, 0.1) is 0 Å². The van der Waals surface area contributed by atoms with Crippen molar-refractivity contribution in [3.8, 4) is 0 Å². The predicted molar refractivity (Wildman–Crippen MR) is 116 cm³/mol. The number of carbonyl (C=O) groups is 1. The second kappa shape index (κ2) is 8.03. The Labute approximate surface area is 175 Å².